The molecule has 152 valence electrons. The Labute approximate surface area is 168 Å². The third-order valence-corrected chi connectivity index (χ3v) is 4.70. The van der Waals surface area contributed by atoms with Gasteiger partial charge in [-0.1, -0.05) is 30.3 Å². The summed E-state index contributed by atoms with van der Waals surface area (Å²) in [5.74, 6) is -1.01. The van der Waals surface area contributed by atoms with Crippen molar-refractivity contribution in [3.63, 3.8) is 0 Å². The van der Waals surface area contributed by atoms with E-state index in [9.17, 15) is 19.7 Å². The number of fused-ring (bicyclic) bond motifs is 1. The largest absolute Gasteiger partial charge is 0.486 e. The second-order valence-corrected chi connectivity index (χ2v) is 6.75. The molecule has 8 nitrogen and oxygen atoms in total. The smallest absolute Gasteiger partial charge is 0.316 e. The van der Waals surface area contributed by atoms with Crippen molar-refractivity contribution in [3.8, 4) is 5.75 Å². The van der Waals surface area contributed by atoms with Gasteiger partial charge < -0.3 is 19.2 Å². The normalized spacial score (nSPS) is 16.3. The lowest BCUT2D eigenvalue weighted by molar-refractivity contribution is -0.384. The lowest BCUT2D eigenvalue weighted by Gasteiger charge is -2.36. The molecule has 0 radical (unpaired) electrons. The number of ether oxygens (including phenoxy) is 2. The third kappa shape index (κ3) is 4.90. The molecular weight excluding hydrogens is 376 g/mol. The van der Waals surface area contributed by atoms with E-state index >= 15 is 0 Å². The zero-order valence-electron chi connectivity index (χ0n) is 16.0. The fourth-order valence-electron chi connectivity index (χ4n) is 3.34. The molecule has 1 aliphatic heterocycles. The van der Waals surface area contributed by atoms with E-state index in [2.05, 4.69) is 0 Å². The van der Waals surface area contributed by atoms with Gasteiger partial charge in [-0.15, -0.1) is 0 Å². The highest BCUT2D eigenvalue weighted by atomic mass is 16.6. The van der Waals surface area contributed by atoms with E-state index in [1.54, 1.807) is 13.0 Å². The van der Waals surface area contributed by atoms with Crippen LogP contribution in [0, 0.1) is 16.0 Å². The lowest BCUT2D eigenvalue weighted by Crippen LogP contribution is -2.41. The quantitative estimate of drug-likeness (QED) is 0.221. The molecule has 0 aliphatic carbocycles. The number of benzene rings is 2. The molecule has 0 fully saturated rings. The van der Waals surface area contributed by atoms with Crippen LogP contribution >= 0.6 is 0 Å². The Kier molecular flexibility index (Phi) is 6.43. The summed E-state index contributed by atoms with van der Waals surface area (Å²) < 4.78 is 10.9. The van der Waals surface area contributed by atoms with Crippen LogP contribution in [0.5, 0.6) is 5.75 Å². The molecule has 1 unspecified atom stereocenters. The van der Waals surface area contributed by atoms with E-state index in [-0.39, 0.29) is 18.7 Å². The van der Waals surface area contributed by atoms with Gasteiger partial charge >= 0.3 is 5.97 Å². The van der Waals surface area contributed by atoms with Crippen LogP contribution in [0.2, 0.25) is 0 Å². The summed E-state index contributed by atoms with van der Waals surface area (Å²) in [5, 5.41) is 11.2. The van der Waals surface area contributed by atoms with Gasteiger partial charge in [0.25, 0.3) is 5.69 Å². The van der Waals surface area contributed by atoms with Crippen LogP contribution in [-0.2, 0) is 20.9 Å². The summed E-state index contributed by atoms with van der Waals surface area (Å²) in [6, 6.07) is 14.1. The number of aldehydes is 1. The Morgan fingerprint density at radius 1 is 1.34 bits per heavy atom. The zero-order chi connectivity index (χ0) is 20.8. The van der Waals surface area contributed by atoms with E-state index < -0.39 is 22.9 Å². The molecule has 8 heteroatoms. The number of carbonyl (C=O) groups excluding carboxylic acids is 2. The first-order valence-electron chi connectivity index (χ1n) is 9.37. The standard InChI is InChI=1S/C21H22N2O6/c1-2-28-21(25)16(14-24)10-18-13-22(12-15-6-4-3-5-7-15)19-11-17(23(26)27)8-9-20(19)29-18/h3-9,11,14,16,18H,2,10,12-13H2,1H3/t16?,18-/m0/s1. The van der Waals surface area contributed by atoms with Crippen LogP contribution in [0.3, 0.4) is 0 Å². The van der Waals surface area contributed by atoms with Crippen LogP contribution in [-0.4, -0.2) is 36.4 Å². The summed E-state index contributed by atoms with van der Waals surface area (Å²) in [4.78, 5) is 36.1. The monoisotopic (exact) mass is 398 g/mol. The first-order valence-corrected chi connectivity index (χ1v) is 9.37. The Balaban J connectivity index is 1.87. The predicted octanol–water partition coefficient (Wildman–Crippen LogP) is 3.13. The van der Waals surface area contributed by atoms with Crippen LogP contribution in [0.15, 0.2) is 48.5 Å². The second-order valence-electron chi connectivity index (χ2n) is 6.75. The minimum Gasteiger partial charge on any atom is -0.486 e. The molecule has 0 bridgehead atoms. The average molecular weight is 398 g/mol. The predicted molar refractivity (Wildman–Crippen MR) is 106 cm³/mol. The molecule has 1 heterocycles. The summed E-state index contributed by atoms with van der Waals surface area (Å²) >= 11 is 0. The summed E-state index contributed by atoms with van der Waals surface area (Å²) in [6.07, 6.45) is 0.311. The maximum atomic E-state index is 12.0. The number of hydrogen-bond acceptors (Lipinski definition) is 7. The van der Waals surface area contributed by atoms with Crippen LogP contribution < -0.4 is 9.64 Å². The van der Waals surface area contributed by atoms with Gasteiger partial charge in [-0.05, 0) is 18.6 Å². The second kappa shape index (κ2) is 9.18. The van der Waals surface area contributed by atoms with E-state index in [0.29, 0.717) is 30.8 Å². The Bertz CT molecular complexity index is 886. The molecule has 0 aromatic heterocycles. The lowest BCUT2D eigenvalue weighted by atomic mass is 10.0. The number of nitro benzene ring substituents is 1. The van der Waals surface area contributed by atoms with Gasteiger partial charge in [0.15, 0.2) is 0 Å². The number of rotatable bonds is 8. The highest BCUT2D eigenvalue weighted by molar-refractivity contribution is 5.87. The highest BCUT2D eigenvalue weighted by Gasteiger charge is 2.32. The molecule has 0 saturated heterocycles. The number of hydrogen-bond donors (Lipinski definition) is 0. The van der Waals surface area contributed by atoms with Gasteiger partial charge in [0, 0.05) is 25.1 Å². The molecule has 2 aromatic carbocycles. The molecule has 3 rings (SSSR count). The minimum absolute atomic E-state index is 0.0267. The van der Waals surface area contributed by atoms with Gasteiger partial charge in [-0.2, -0.15) is 0 Å². The van der Waals surface area contributed by atoms with Crippen molar-refractivity contribution in [2.75, 3.05) is 18.1 Å². The third-order valence-electron chi connectivity index (χ3n) is 4.70. The first kappa shape index (κ1) is 20.3. The zero-order valence-corrected chi connectivity index (χ0v) is 16.0. The molecule has 0 saturated carbocycles. The molecule has 2 aromatic rings. The molecule has 0 amide bonds. The Hall–Kier alpha value is -3.42. The van der Waals surface area contributed by atoms with Crippen molar-refractivity contribution in [3.05, 3.63) is 64.2 Å². The fraction of sp³-hybridized carbons (Fsp3) is 0.333. The molecule has 2 atom stereocenters. The summed E-state index contributed by atoms with van der Waals surface area (Å²) in [7, 11) is 0. The van der Waals surface area contributed by atoms with Crippen molar-refractivity contribution in [1.82, 2.24) is 0 Å². The SMILES string of the molecule is CCOC(=O)C(C=O)C[C@H]1CN(Cc2ccccc2)c2cc([N+](=O)[O-])ccc2O1. The topological polar surface area (TPSA) is 99.0 Å². The van der Waals surface area contributed by atoms with E-state index in [1.807, 2.05) is 35.2 Å². The maximum Gasteiger partial charge on any atom is 0.316 e. The Morgan fingerprint density at radius 2 is 2.10 bits per heavy atom. The first-order chi connectivity index (χ1) is 14.0. The van der Waals surface area contributed by atoms with Crippen LogP contribution in [0.4, 0.5) is 11.4 Å². The number of nitro groups is 1. The Morgan fingerprint density at radius 3 is 2.76 bits per heavy atom. The van der Waals surface area contributed by atoms with E-state index in [1.165, 1.54) is 12.1 Å². The van der Waals surface area contributed by atoms with E-state index in [4.69, 9.17) is 9.47 Å². The molecular formula is C21H22N2O6. The van der Waals surface area contributed by atoms with Gasteiger partial charge in [-0.3, -0.25) is 14.9 Å². The van der Waals surface area contributed by atoms with Crippen molar-refractivity contribution in [2.45, 2.75) is 26.0 Å². The van der Waals surface area contributed by atoms with Crippen molar-refractivity contribution < 1.29 is 24.0 Å². The number of anilines is 1. The summed E-state index contributed by atoms with van der Waals surface area (Å²) in [5.41, 5.74) is 1.61. The summed E-state index contributed by atoms with van der Waals surface area (Å²) in [6.45, 7) is 2.77. The molecule has 0 spiro atoms. The number of non-ortho nitro benzene ring substituents is 1. The minimum atomic E-state index is -0.918. The maximum absolute atomic E-state index is 12.0. The fourth-order valence-corrected chi connectivity index (χ4v) is 3.34. The van der Waals surface area contributed by atoms with Crippen LogP contribution in [0.25, 0.3) is 0 Å². The number of carbonyl (C=O) groups is 2. The van der Waals surface area contributed by atoms with Gasteiger partial charge in [-0.25, -0.2) is 0 Å². The molecule has 29 heavy (non-hydrogen) atoms. The molecule has 1 aliphatic rings. The van der Waals surface area contributed by atoms with Crippen LogP contribution in [0.1, 0.15) is 18.9 Å². The van der Waals surface area contributed by atoms with Gasteiger partial charge in [0.2, 0.25) is 0 Å². The number of esters is 1. The van der Waals surface area contributed by atoms with E-state index in [0.717, 1.165) is 5.56 Å². The molecule has 0 N–H and O–H groups in total. The van der Waals surface area contributed by atoms with Crippen molar-refractivity contribution in [1.29, 1.82) is 0 Å². The van der Waals surface area contributed by atoms with Crippen molar-refractivity contribution in [2.24, 2.45) is 5.92 Å². The average Bonchev–Trinajstić information content (AvgIpc) is 2.72. The van der Waals surface area contributed by atoms with Gasteiger partial charge in [0.1, 0.15) is 24.1 Å². The van der Waals surface area contributed by atoms with Crippen molar-refractivity contribution >= 4 is 23.6 Å². The number of nitrogens with zero attached hydrogens (tertiary/aromatic N) is 2. The van der Waals surface area contributed by atoms with Gasteiger partial charge in [0.05, 0.1) is 23.8 Å². The highest BCUT2D eigenvalue weighted by Crippen LogP contribution is 2.38.